The highest BCUT2D eigenvalue weighted by molar-refractivity contribution is 5.64. The summed E-state index contributed by atoms with van der Waals surface area (Å²) in [6.45, 7) is 2.25. The van der Waals surface area contributed by atoms with Gasteiger partial charge >= 0.3 is 6.01 Å². The summed E-state index contributed by atoms with van der Waals surface area (Å²) in [5.74, 6) is 7.28. The number of nitrogens with one attached hydrogen (secondary N) is 1. The number of likely N-dealkylation sites (N-methyl/N-ethyl adjacent to an activating group) is 1. The Kier molecular flexibility index (Phi) is 7.43. The summed E-state index contributed by atoms with van der Waals surface area (Å²) < 4.78 is 11.9. The number of aromatic nitrogens is 4. The number of hydrogen-bond donors (Lipinski definition) is 3. The molecule has 0 saturated heterocycles. The molecule has 33 heavy (non-hydrogen) atoms. The molecule has 4 rings (SSSR count). The van der Waals surface area contributed by atoms with Gasteiger partial charge in [0, 0.05) is 7.05 Å². The number of anilines is 1. The van der Waals surface area contributed by atoms with Gasteiger partial charge in [-0.15, -0.1) is 0 Å². The number of hydrazine groups is 1. The van der Waals surface area contributed by atoms with E-state index in [1.807, 2.05) is 19.1 Å². The summed E-state index contributed by atoms with van der Waals surface area (Å²) in [7, 11) is 1.73. The van der Waals surface area contributed by atoms with Gasteiger partial charge in [-0.1, -0.05) is 6.42 Å². The van der Waals surface area contributed by atoms with Crippen molar-refractivity contribution in [2.24, 2.45) is 11.6 Å². The summed E-state index contributed by atoms with van der Waals surface area (Å²) in [5.41, 5.74) is 9.04. The van der Waals surface area contributed by atoms with Crippen LogP contribution in [0.2, 0.25) is 0 Å². The van der Waals surface area contributed by atoms with Crippen molar-refractivity contribution in [1.29, 1.82) is 0 Å². The van der Waals surface area contributed by atoms with Gasteiger partial charge < -0.3 is 25.5 Å². The highest BCUT2D eigenvalue weighted by Gasteiger charge is 2.21. The predicted molar refractivity (Wildman–Crippen MR) is 126 cm³/mol. The molecule has 2 aromatic heterocycles. The molecular weight excluding hydrogens is 420 g/mol. The molecule has 0 spiro atoms. The lowest BCUT2D eigenvalue weighted by molar-refractivity contribution is 0.108. The fourth-order valence-corrected chi connectivity index (χ4v) is 3.97. The minimum atomic E-state index is 0.195. The predicted octanol–water partition coefficient (Wildman–Crippen LogP) is 2.76. The fourth-order valence-electron chi connectivity index (χ4n) is 3.97. The third kappa shape index (κ3) is 6.01. The second-order valence-electron chi connectivity index (χ2n) is 8.75. The molecule has 5 N–H and O–H groups in total. The molecule has 0 aromatic carbocycles. The minimum absolute atomic E-state index is 0.195. The molecular formula is C23H34N8O2. The lowest BCUT2D eigenvalue weighted by Crippen LogP contribution is -2.32. The van der Waals surface area contributed by atoms with E-state index in [2.05, 4.69) is 25.3 Å². The van der Waals surface area contributed by atoms with Crippen molar-refractivity contribution in [1.82, 2.24) is 24.9 Å². The van der Waals surface area contributed by atoms with Crippen LogP contribution in [0.25, 0.3) is 5.70 Å². The SMILES string of the molecule is Cc1nc(/C(N)=C(\CNc2ncnc(OC3CCC3)n2)N(C)N)ccc1OC1CCCCC1. The molecule has 10 nitrogen and oxygen atoms in total. The lowest BCUT2D eigenvalue weighted by atomic mass is 9.96. The van der Waals surface area contributed by atoms with E-state index in [4.69, 9.17) is 21.1 Å². The number of pyridine rings is 1. The Balaban J connectivity index is 1.44. The second kappa shape index (κ2) is 10.7. The van der Waals surface area contributed by atoms with Gasteiger partial charge in [0.25, 0.3) is 0 Å². The molecule has 2 heterocycles. The highest BCUT2D eigenvalue weighted by atomic mass is 16.5. The van der Waals surface area contributed by atoms with Crippen LogP contribution in [-0.2, 0) is 0 Å². The topological polar surface area (TPSA) is 137 Å². The third-order valence-corrected chi connectivity index (χ3v) is 6.18. The van der Waals surface area contributed by atoms with Crippen molar-refractivity contribution in [3.63, 3.8) is 0 Å². The number of nitrogens with two attached hydrogens (primary N) is 2. The maximum atomic E-state index is 6.47. The molecule has 0 bridgehead atoms. The standard InChI is InChI=1S/C23H34N8O2/c1-15-20(32-16-7-4-3-5-8-16)12-11-18(29-15)21(24)19(31(2)25)13-26-22-27-14-28-23(30-22)33-17-9-6-10-17/h11-12,14,16-17H,3-10,13,24-25H2,1-2H3,(H,26,27,28,30)/b21-19-. The number of aryl methyl sites for hydroxylation is 1. The Bertz CT molecular complexity index is 971. The first-order valence-electron chi connectivity index (χ1n) is 11.7. The largest absolute Gasteiger partial charge is 0.489 e. The van der Waals surface area contributed by atoms with Gasteiger partial charge in [0.15, 0.2) is 0 Å². The smallest absolute Gasteiger partial charge is 0.321 e. The normalized spacial score (nSPS) is 17.7. The summed E-state index contributed by atoms with van der Waals surface area (Å²) in [5, 5.41) is 4.62. The van der Waals surface area contributed by atoms with Gasteiger partial charge in [0.05, 0.1) is 35.4 Å². The average Bonchev–Trinajstić information content (AvgIpc) is 2.78. The molecule has 2 aromatic rings. The van der Waals surface area contributed by atoms with E-state index in [1.165, 1.54) is 37.0 Å². The Labute approximate surface area is 194 Å². The molecule has 0 aliphatic heterocycles. The van der Waals surface area contributed by atoms with Crippen LogP contribution in [0, 0.1) is 6.92 Å². The second-order valence-corrected chi connectivity index (χ2v) is 8.75. The zero-order valence-corrected chi connectivity index (χ0v) is 19.5. The first-order chi connectivity index (χ1) is 16.0. The Morgan fingerprint density at radius 3 is 2.42 bits per heavy atom. The van der Waals surface area contributed by atoms with Gasteiger partial charge in [-0.2, -0.15) is 9.97 Å². The van der Waals surface area contributed by atoms with E-state index in [9.17, 15) is 0 Å². The molecule has 10 heteroatoms. The van der Waals surface area contributed by atoms with E-state index in [0.717, 1.165) is 37.1 Å². The molecule has 178 valence electrons. The van der Waals surface area contributed by atoms with Crippen LogP contribution in [0.5, 0.6) is 11.8 Å². The van der Waals surface area contributed by atoms with Crippen LogP contribution in [-0.4, -0.2) is 50.7 Å². The van der Waals surface area contributed by atoms with Gasteiger partial charge in [-0.3, -0.25) is 0 Å². The van der Waals surface area contributed by atoms with Crippen LogP contribution in [0.1, 0.15) is 62.8 Å². The third-order valence-electron chi connectivity index (χ3n) is 6.18. The molecule has 0 radical (unpaired) electrons. The highest BCUT2D eigenvalue weighted by Crippen LogP contribution is 2.26. The summed E-state index contributed by atoms with van der Waals surface area (Å²) in [6.07, 6.45) is 11.1. The first-order valence-corrected chi connectivity index (χ1v) is 11.7. The molecule has 2 aliphatic carbocycles. The number of hydrogen-bond acceptors (Lipinski definition) is 10. The molecule has 0 amide bonds. The van der Waals surface area contributed by atoms with Crippen molar-refractivity contribution in [2.75, 3.05) is 18.9 Å². The van der Waals surface area contributed by atoms with Gasteiger partial charge in [-0.25, -0.2) is 15.8 Å². The number of rotatable bonds is 9. The van der Waals surface area contributed by atoms with Crippen molar-refractivity contribution in [2.45, 2.75) is 70.5 Å². The molecule has 2 aliphatic rings. The van der Waals surface area contributed by atoms with Crippen LogP contribution in [0.15, 0.2) is 24.2 Å². The van der Waals surface area contributed by atoms with E-state index < -0.39 is 0 Å². The number of ether oxygens (including phenoxy) is 2. The monoisotopic (exact) mass is 454 g/mol. The van der Waals surface area contributed by atoms with E-state index in [-0.39, 0.29) is 12.2 Å². The van der Waals surface area contributed by atoms with Gasteiger partial charge in [-0.05, 0) is 64.0 Å². The van der Waals surface area contributed by atoms with Crippen molar-refractivity contribution in [3.8, 4) is 11.8 Å². The van der Waals surface area contributed by atoms with Crippen LogP contribution in [0.4, 0.5) is 5.95 Å². The van der Waals surface area contributed by atoms with Crippen molar-refractivity contribution < 1.29 is 9.47 Å². The Hall–Kier alpha value is -3.14. The Morgan fingerprint density at radius 1 is 1.03 bits per heavy atom. The maximum Gasteiger partial charge on any atom is 0.321 e. The minimum Gasteiger partial charge on any atom is -0.489 e. The maximum absolute atomic E-state index is 6.47. The zero-order valence-electron chi connectivity index (χ0n) is 19.5. The zero-order chi connectivity index (χ0) is 23.2. The van der Waals surface area contributed by atoms with Gasteiger partial charge in [0.2, 0.25) is 5.95 Å². The summed E-state index contributed by atoms with van der Waals surface area (Å²) >= 11 is 0. The van der Waals surface area contributed by atoms with Crippen LogP contribution >= 0.6 is 0 Å². The molecule has 2 fully saturated rings. The molecule has 0 atom stereocenters. The molecule has 2 saturated carbocycles. The van der Waals surface area contributed by atoms with Crippen molar-refractivity contribution in [3.05, 3.63) is 35.5 Å². The van der Waals surface area contributed by atoms with E-state index in [0.29, 0.717) is 35.6 Å². The van der Waals surface area contributed by atoms with Crippen LogP contribution in [0.3, 0.4) is 0 Å². The van der Waals surface area contributed by atoms with E-state index >= 15 is 0 Å². The lowest BCUT2D eigenvalue weighted by Gasteiger charge is -2.25. The summed E-state index contributed by atoms with van der Waals surface area (Å²) in [4.78, 5) is 17.3. The van der Waals surface area contributed by atoms with Crippen LogP contribution < -0.4 is 26.4 Å². The fraction of sp³-hybridized carbons (Fsp3) is 0.565. The average molecular weight is 455 g/mol. The molecule has 0 unspecified atom stereocenters. The first kappa shape index (κ1) is 23.0. The van der Waals surface area contributed by atoms with Crippen molar-refractivity contribution >= 4 is 11.6 Å². The summed E-state index contributed by atoms with van der Waals surface area (Å²) in [6, 6.07) is 4.14. The van der Waals surface area contributed by atoms with Gasteiger partial charge in [0.1, 0.15) is 18.2 Å². The number of nitrogens with zero attached hydrogens (tertiary/aromatic N) is 5. The Morgan fingerprint density at radius 2 is 1.76 bits per heavy atom. The van der Waals surface area contributed by atoms with E-state index in [1.54, 1.807) is 7.05 Å². The quantitative estimate of drug-likeness (QED) is 0.383.